The van der Waals surface area contributed by atoms with Crippen LogP contribution in [0.4, 0.5) is 11.6 Å². The maximum absolute atomic E-state index is 11.8. The van der Waals surface area contributed by atoms with E-state index in [0.29, 0.717) is 16.9 Å². The lowest BCUT2D eigenvalue weighted by Crippen LogP contribution is -2.13. The number of carbonyl (C=O) groups is 1. The number of aromatic nitrogens is 3. The van der Waals surface area contributed by atoms with Gasteiger partial charge in [-0.05, 0) is 24.3 Å². The number of hydrogen-bond acceptors (Lipinski definition) is 7. The Morgan fingerprint density at radius 3 is 2.96 bits per heavy atom. The Morgan fingerprint density at radius 2 is 2.17 bits per heavy atom. The minimum absolute atomic E-state index is 0.124. The summed E-state index contributed by atoms with van der Waals surface area (Å²) in [4.78, 5) is 16.0. The summed E-state index contributed by atoms with van der Waals surface area (Å²) >= 11 is 1.22. The molecule has 0 atom stereocenters. The van der Waals surface area contributed by atoms with Crippen molar-refractivity contribution in [3.05, 3.63) is 54.5 Å². The van der Waals surface area contributed by atoms with Crippen molar-refractivity contribution in [2.45, 2.75) is 5.16 Å². The first-order valence-electron chi connectivity index (χ1n) is 7.02. The van der Waals surface area contributed by atoms with E-state index in [-0.39, 0.29) is 11.7 Å². The smallest absolute Gasteiger partial charge is 0.240 e. The predicted octanol–water partition coefficient (Wildman–Crippen LogP) is 2.57. The third kappa shape index (κ3) is 4.71. The molecule has 0 bridgehead atoms. The molecule has 0 radical (unpaired) electrons. The van der Waals surface area contributed by atoms with E-state index >= 15 is 0 Å². The first-order chi connectivity index (χ1) is 11.8. The van der Waals surface area contributed by atoms with Gasteiger partial charge in [-0.1, -0.05) is 30.0 Å². The fourth-order valence-electron chi connectivity index (χ4n) is 1.73. The summed E-state index contributed by atoms with van der Waals surface area (Å²) in [6.07, 6.45) is 3.08. The Kier molecular flexibility index (Phi) is 5.25. The van der Waals surface area contributed by atoms with Gasteiger partial charge in [0, 0.05) is 5.69 Å². The van der Waals surface area contributed by atoms with Crippen LogP contribution in [0.5, 0.6) is 0 Å². The number of furan rings is 1. The summed E-state index contributed by atoms with van der Waals surface area (Å²) in [6.45, 7) is 0. The van der Waals surface area contributed by atoms with Crippen LogP contribution in [-0.2, 0) is 4.79 Å². The van der Waals surface area contributed by atoms with Crippen molar-refractivity contribution < 1.29 is 9.21 Å². The zero-order chi connectivity index (χ0) is 16.6. The zero-order valence-corrected chi connectivity index (χ0v) is 13.3. The first-order valence-corrected chi connectivity index (χ1v) is 8.01. The molecule has 8 nitrogen and oxygen atoms in total. The molecule has 2 heterocycles. The standard InChI is InChI=1S/C15H14N6O2S/c22-13(17-11-5-2-1-3-6-11)10-24-15-18-14(20-21-15)19-16-9-12-7-4-8-23-12/h1-9H,10H2,(H,17,22)(H2,18,19,20,21)/b16-9-. The van der Waals surface area contributed by atoms with Crippen LogP contribution in [0.1, 0.15) is 5.76 Å². The number of nitrogens with one attached hydrogen (secondary N) is 3. The number of aromatic amines is 1. The largest absolute Gasteiger partial charge is 0.463 e. The fraction of sp³-hybridized carbons (Fsp3) is 0.0667. The summed E-state index contributed by atoms with van der Waals surface area (Å²) < 4.78 is 5.11. The molecule has 0 spiro atoms. The number of para-hydroxylation sites is 1. The highest BCUT2D eigenvalue weighted by Gasteiger charge is 2.07. The minimum atomic E-state index is -0.124. The molecule has 3 rings (SSSR count). The maximum atomic E-state index is 11.8. The number of hydrogen-bond donors (Lipinski definition) is 3. The molecule has 9 heteroatoms. The number of anilines is 2. The van der Waals surface area contributed by atoms with Crippen LogP contribution in [0.15, 0.2) is 63.4 Å². The van der Waals surface area contributed by atoms with Gasteiger partial charge in [0.15, 0.2) is 0 Å². The Morgan fingerprint density at radius 1 is 1.29 bits per heavy atom. The molecule has 1 aromatic carbocycles. The van der Waals surface area contributed by atoms with Crippen molar-refractivity contribution in [1.82, 2.24) is 15.2 Å². The molecule has 0 fully saturated rings. The highest BCUT2D eigenvalue weighted by molar-refractivity contribution is 7.99. The third-order valence-electron chi connectivity index (χ3n) is 2.76. The van der Waals surface area contributed by atoms with Crippen molar-refractivity contribution >= 4 is 35.5 Å². The molecule has 1 amide bonds. The molecule has 0 aliphatic carbocycles. The van der Waals surface area contributed by atoms with Crippen LogP contribution < -0.4 is 10.7 Å². The number of rotatable bonds is 7. The third-order valence-corrected chi connectivity index (χ3v) is 3.61. The van der Waals surface area contributed by atoms with E-state index in [4.69, 9.17) is 4.42 Å². The lowest BCUT2D eigenvalue weighted by Gasteiger charge is -2.02. The average Bonchev–Trinajstić information content (AvgIpc) is 3.26. The number of amides is 1. The molecule has 0 aliphatic heterocycles. The van der Waals surface area contributed by atoms with E-state index < -0.39 is 0 Å². The number of benzene rings is 1. The van der Waals surface area contributed by atoms with Gasteiger partial charge in [-0.15, -0.1) is 5.10 Å². The van der Waals surface area contributed by atoms with Crippen LogP contribution in [-0.4, -0.2) is 33.1 Å². The summed E-state index contributed by atoms with van der Waals surface area (Å²) in [5.41, 5.74) is 3.45. The molecule has 24 heavy (non-hydrogen) atoms. The summed E-state index contributed by atoms with van der Waals surface area (Å²) in [6, 6.07) is 12.8. The number of hydrazone groups is 1. The first kappa shape index (κ1) is 15.8. The SMILES string of the molecule is O=C(CSc1n[nH]c(N/N=C\c2ccco2)n1)Nc1ccccc1. The monoisotopic (exact) mass is 342 g/mol. The molecule has 3 N–H and O–H groups in total. The van der Waals surface area contributed by atoms with E-state index in [9.17, 15) is 4.79 Å². The topological polar surface area (TPSA) is 108 Å². The van der Waals surface area contributed by atoms with Crippen molar-refractivity contribution in [3.63, 3.8) is 0 Å². The van der Waals surface area contributed by atoms with Gasteiger partial charge in [-0.25, -0.2) is 10.5 Å². The van der Waals surface area contributed by atoms with Crippen molar-refractivity contribution in [2.75, 3.05) is 16.5 Å². The molecular formula is C15H14N6O2S. The van der Waals surface area contributed by atoms with Crippen LogP contribution in [0.3, 0.4) is 0 Å². The van der Waals surface area contributed by atoms with Crippen molar-refractivity contribution in [1.29, 1.82) is 0 Å². The fourth-order valence-corrected chi connectivity index (χ4v) is 2.33. The van der Waals surface area contributed by atoms with Gasteiger partial charge >= 0.3 is 0 Å². The summed E-state index contributed by atoms with van der Waals surface area (Å²) in [7, 11) is 0. The van der Waals surface area contributed by atoms with E-state index in [1.807, 2.05) is 30.3 Å². The van der Waals surface area contributed by atoms with Gasteiger partial charge in [-0.3, -0.25) is 4.79 Å². The Hall–Kier alpha value is -3.07. The second-order valence-electron chi connectivity index (χ2n) is 4.55. The van der Waals surface area contributed by atoms with Crippen LogP contribution in [0.2, 0.25) is 0 Å². The normalized spacial score (nSPS) is 10.8. The second-order valence-corrected chi connectivity index (χ2v) is 5.50. The molecule has 122 valence electrons. The van der Waals surface area contributed by atoms with Gasteiger partial charge in [0.25, 0.3) is 0 Å². The Balaban J connectivity index is 1.45. The number of H-pyrrole nitrogens is 1. The molecule has 0 aliphatic rings. The lowest BCUT2D eigenvalue weighted by molar-refractivity contribution is -0.113. The highest BCUT2D eigenvalue weighted by atomic mass is 32.2. The minimum Gasteiger partial charge on any atom is -0.463 e. The van der Waals surface area contributed by atoms with E-state index in [0.717, 1.165) is 5.69 Å². The second kappa shape index (κ2) is 7.97. The number of thioether (sulfide) groups is 1. The van der Waals surface area contributed by atoms with E-state index in [1.54, 1.807) is 18.4 Å². The molecule has 2 aromatic heterocycles. The van der Waals surface area contributed by atoms with Crippen LogP contribution >= 0.6 is 11.8 Å². The van der Waals surface area contributed by atoms with E-state index in [2.05, 4.69) is 31.0 Å². The van der Waals surface area contributed by atoms with Crippen LogP contribution in [0, 0.1) is 0 Å². The Labute approximate surface area is 141 Å². The van der Waals surface area contributed by atoms with Gasteiger partial charge in [0.1, 0.15) is 5.76 Å². The highest BCUT2D eigenvalue weighted by Crippen LogP contribution is 2.15. The molecule has 0 saturated heterocycles. The van der Waals surface area contributed by atoms with Gasteiger partial charge in [0.05, 0.1) is 18.2 Å². The molecule has 3 aromatic rings. The van der Waals surface area contributed by atoms with Crippen molar-refractivity contribution in [2.24, 2.45) is 5.10 Å². The number of nitrogens with zero attached hydrogens (tertiary/aromatic N) is 3. The van der Waals surface area contributed by atoms with E-state index in [1.165, 1.54) is 18.0 Å². The average molecular weight is 342 g/mol. The molecule has 0 saturated carbocycles. The quantitative estimate of drug-likeness (QED) is 0.346. The summed E-state index contributed by atoms with van der Waals surface area (Å²) in [5.74, 6) is 1.08. The van der Waals surface area contributed by atoms with Gasteiger partial charge in [0.2, 0.25) is 17.0 Å². The van der Waals surface area contributed by atoms with Crippen molar-refractivity contribution in [3.8, 4) is 0 Å². The predicted molar refractivity (Wildman–Crippen MR) is 92.1 cm³/mol. The maximum Gasteiger partial charge on any atom is 0.240 e. The zero-order valence-electron chi connectivity index (χ0n) is 12.5. The van der Waals surface area contributed by atoms with Gasteiger partial charge in [-0.2, -0.15) is 10.1 Å². The molecular weight excluding hydrogens is 328 g/mol. The number of carbonyl (C=O) groups excluding carboxylic acids is 1. The lowest BCUT2D eigenvalue weighted by atomic mass is 10.3. The Bertz CT molecular complexity index is 801. The molecule has 0 unspecified atom stereocenters. The van der Waals surface area contributed by atoms with Crippen LogP contribution in [0.25, 0.3) is 0 Å². The van der Waals surface area contributed by atoms with Gasteiger partial charge < -0.3 is 9.73 Å². The summed E-state index contributed by atoms with van der Waals surface area (Å²) in [5, 5.41) is 13.9.